The number of carboxylic acid groups (broad SMARTS) is 1. The van der Waals surface area contributed by atoms with Crippen molar-refractivity contribution in [2.45, 2.75) is 32.2 Å². The standard InChI is InChI=1S/C15H19F2NO3/c1-10-12(15(19)20)3-2-4-13(10)18(9-14(16)17)11-5-7-21-8-6-11/h2-4,11,14H,5-9H2,1H3,(H,19,20)/p-1. The van der Waals surface area contributed by atoms with Crippen LogP contribution in [0.2, 0.25) is 0 Å². The summed E-state index contributed by atoms with van der Waals surface area (Å²) in [4.78, 5) is 12.7. The molecule has 0 atom stereocenters. The third kappa shape index (κ3) is 3.69. The zero-order valence-electron chi connectivity index (χ0n) is 11.9. The third-order valence-corrected chi connectivity index (χ3v) is 3.80. The van der Waals surface area contributed by atoms with Crippen LogP contribution in [0.3, 0.4) is 0 Å². The van der Waals surface area contributed by atoms with Crippen LogP contribution in [0, 0.1) is 6.92 Å². The number of alkyl halides is 2. The smallest absolute Gasteiger partial charge is 0.255 e. The van der Waals surface area contributed by atoms with Crippen molar-refractivity contribution < 1.29 is 23.4 Å². The highest BCUT2D eigenvalue weighted by Gasteiger charge is 2.26. The SMILES string of the molecule is Cc1c(C(=O)[O-])cccc1N(CC(F)F)C1CCOCC1. The Bertz CT molecular complexity index is 502. The summed E-state index contributed by atoms with van der Waals surface area (Å²) in [6.45, 7) is 2.27. The number of rotatable bonds is 5. The third-order valence-electron chi connectivity index (χ3n) is 3.80. The fourth-order valence-electron chi connectivity index (χ4n) is 2.75. The molecule has 1 aromatic carbocycles. The molecule has 1 fully saturated rings. The minimum absolute atomic E-state index is 0.0406. The van der Waals surface area contributed by atoms with Gasteiger partial charge in [0.15, 0.2) is 0 Å². The zero-order chi connectivity index (χ0) is 15.4. The molecular formula is C15H18F2NO3-. The summed E-state index contributed by atoms with van der Waals surface area (Å²) in [5, 5.41) is 11.1. The molecule has 21 heavy (non-hydrogen) atoms. The molecule has 1 heterocycles. The first-order valence-electron chi connectivity index (χ1n) is 6.94. The number of carbonyl (C=O) groups is 1. The highest BCUT2D eigenvalue weighted by molar-refractivity contribution is 5.89. The average molecular weight is 298 g/mol. The van der Waals surface area contributed by atoms with Crippen LogP contribution in [0.25, 0.3) is 0 Å². The number of benzene rings is 1. The van der Waals surface area contributed by atoms with Crippen molar-refractivity contribution >= 4 is 11.7 Å². The van der Waals surface area contributed by atoms with Crippen LogP contribution in [0.5, 0.6) is 0 Å². The van der Waals surface area contributed by atoms with Crippen LogP contribution in [-0.4, -0.2) is 38.2 Å². The minimum atomic E-state index is -2.49. The van der Waals surface area contributed by atoms with Gasteiger partial charge < -0.3 is 19.5 Å². The Balaban J connectivity index is 2.35. The van der Waals surface area contributed by atoms with E-state index in [1.807, 2.05) is 0 Å². The van der Waals surface area contributed by atoms with Gasteiger partial charge in [-0.3, -0.25) is 0 Å². The topological polar surface area (TPSA) is 52.6 Å². The molecule has 1 aromatic rings. The maximum absolute atomic E-state index is 12.9. The maximum Gasteiger partial charge on any atom is 0.255 e. The van der Waals surface area contributed by atoms with Gasteiger partial charge in [-0.1, -0.05) is 12.1 Å². The van der Waals surface area contributed by atoms with Crippen LogP contribution in [-0.2, 0) is 4.74 Å². The number of hydrogen-bond acceptors (Lipinski definition) is 4. The summed E-state index contributed by atoms with van der Waals surface area (Å²) in [6.07, 6.45) is -1.18. The summed E-state index contributed by atoms with van der Waals surface area (Å²) < 4.78 is 31.1. The predicted octanol–water partition coefficient (Wildman–Crippen LogP) is 1.61. The lowest BCUT2D eigenvalue weighted by atomic mass is 10.0. The van der Waals surface area contributed by atoms with E-state index in [1.54, 1.807) is 24.0 Å². The second kappa shape index (κ2) is 6.85. The Morgan fingerprint density at radius 2 is 2.10 bits per heavy atom. The quantitative estimate of drug-likeness (QED) is 0.829. The van der Waals surface area contributed by atoms with E-state index in [2.05, 4.69) is 0 Å². The second-order valence-corrected chi connectivity index (χ2v) is 5.12. The molecule has 0 aromatic heterocycles. The molecule has 6 heteroatoms. The number of hydrogen-bond donors (Lipinski definition) is 0. The van der Waals surface area contributed by atoms with Gasteiger partial charge in [-0.15, -0.1) is 0 Å². The Morgan fingerprint density at radius 1 is 1.43 bits per heavy atom. The van der Waals surface area contributed by atoms with Crippen molar-refractivity contribution in [1.29, 1.82) is 0 Å². The molecule has 2 rings (SSSR count). The van der Waals surface area contributed by atoms with E-state index in [4.69, 9.17) is 4.74 Å². The van der Waals surface area contributed by atoms with Gasteiger partial charge in [0.25, 0.3) is 6.43 Å². The summed E-state index contributed by atoms with van der Waals surface area (Å²) in [6, 6.07) is 4.60. The number of carboxylic acids is 1. The molecular weight excluding hydrogens is 280 g/mol. The Hall–Kier alpha value is -1.69. The van der Waals surface area contributed by atoms with Crippen LogP contribution >= 0.6 is 0 Å². The molecule has 116 valence electrons. The van der Waals surface area contributed by atoms with E-state index >= 15 is 0 Å². The van der Waals surface area contributed by atoms with E-state index in [1.165, 1.54) is 6.07 Å². The highest BCUT2D eigenvalue weighted by atomic mass is 19.3. The minimum Gasteiger partial charge on any atom is -0.545 e. The molecule has 1 aliphatic heterocycles. The van der Waals surface area contributed by atoms with Crippen LogP contribution in [0.15, 0.2) is 18.2 Å². The normalized spacial score (nSPS) is 16.2. The average Bonchev–Trinajstić information content (AvgIpc) is 2.46. The number of nitrogens with zero attached hydrogens (tertiary/aromatic N) is 1. The number of aromatic carboxylic acids is 1. The van der Waals surface area contributed by atoms with Gasteiger partial charge in [-0.05, 0) is 31.4 Å². The highest BCUT2D eigenvalue weighted by Crippen LogP contribution is 2.28. The molecule has 1 saturated heterocycles. The molecule has 0 amide bonds. The molecule has 0 spiro atoms. The lowest BCUT2D eigenvalue weighted by molar-refractivity contribution is -0.255. The van der Waals surface area contributed by atoms with Crippen molar-refractivity contribution in [2.24, 2.45) is 0 Å². The van der Waals surface area contributed by atoms with Gasteiger partial charge >= 0.3 is 0 Å². The van der Waals surface area contributed by atoms with E-state index < -0.39 is 18.9 Å². The van der Waals surface area contributed by atoms with Gasteiger partial charge in [0.1, 0.15) is 0 Å². The number of ether oxygens (including phenoxy) is 1. The Labute approximate surface area is 122 Å². The molecule has 0 aliphatic carbocycles. The molecule has 0 N–H and O–H groups in total. The maximum atomic E-state index is 12.9. The van der Waals surface area contributed by atoms with Crippen molar-refractivity contribution in [3.05, 3.63) is 29.3 Å². The van der Waals surface area contributed by atoms with Crippen LogP contribution in [0.4, 0.5) is 14.5 Å². The van der Waals surface area contributed by atoms with Gasteiger partial charge in [0.05, 0.1) is 12.5 Å². The zero-order valence-corrected chi connectivity index (χ0v) is 11.9. The largest absolute Gasteiger partial charge is 0.545 e. The lowest BCUT2D eigenvalue weighted by Gasteiger charge is -2.37. The van der Waals surface area contributed by atoms with Gasteiger partial charge in [0, 0.05) is 30.5 Å². The molecule has 0 bridgehead atoms. The van der Waals surface area contributed by atoms with E-state index in [-0.39, 0.29) is 11.6 Å². The van der Waals surface area contributed by atoms with Crippen LogP contribution in [0.1, 0.15) is 28.8 Å². The fourth-order valence-corrected chi connectivity index (χ4v) is 2.75. The first kappa shape index (κ1) is 15.7. The Kier molecular flexibility index (Phi) is 5.12. The van der Waals surface area contributed by atoms with Crippen molar-refractivity contribution in [3.8, 4) is 0 Å². The van der Waals surface area contributed by atoms with Crippen molar-refractivity contribution in [3.63, 3.8) is 0 Å². The Morgan fingerprint density at radius 3 is 2.67 bits per heavy atom. The number of halogens is 2. The van der Waals surface area contributed by atoms with Gasteiger partial charge in [-0.2, -0.15) is 0 Å². The van der Waals surface area contributed by atoms with E-state index in [0.29, 0.717) is 37.3 Å². The summed E-state index contributed by atoms with van der Waals surface area (Å²) >= 11 is 0. The summed E-state index contributed by atoms with van der Waals surface area (Å²) in [5.41, 5.74) is 1.03. The summed E-state index contributed by atoms with van der Waals surface area (Å²) in [7, 11) is 0. The van der Waals surface area contributed by atoms with E-state index in [9.17, 15) is 18.7 Å². The molecule has 0 saturated carbocycles. The molecule has 1 aliphatic rings. The molecule has 4 nitrogen and oxygen atoms in total. The van der Waals surface area contributed by atoms with Crippen molar-refractivity contribution in [1.82, 2.24) is 0 Å². The fraction of sp³-hybridized carbons (Fsp3) is 0.533. The van der Waals surface area contributed by atoms with E-state index in [0.717, 1.165) is 0 Å². The summed E-state index contributed by atoms with van der Waals surface area (Å²) in [5.74, 6) is -1.29. The second-order valence-electron chi connectivity index (χ2n) is 5.12. The first-order chi connectivity index (χ1) is 10.0. The first-order valence-corrected chi connectivity index (χ1v) is 6.94. The van der Waals surface area contributed by atoms with Crippen LogP contribution < -0.4 is 10.0 Å². The van der Waals surface area contributed by atoms with Gasteiger partial charge in [-0.25, -0.2) is 8.78 Å². The molecule has 0 unspecified atom stereocenters. The predicted molar refractivity (Wildman–Crippen MR) is 72.7 cm³/mol. The number of carbonyl (C=O) groups excluding carboxylic acids is 1. The monoisotopic (exact) mass is 298 g/mol. The van der Waals surface area contributed by atoms with Crippen molar-refractivity contribution in [2.75, 3.05) is 24.7 Å². The molecule has 0 radical (unpaired) electrons. The number of anilines is 1. The lowest BCUT2D eigenvalue weighted by Crippen LogP contribution is -2.42. The van der Waals surface area contributed by atoms with Gasteiger partial charge in [0.2, 0.25) is 0 Å².